The van der Waals surface area contributed by atoms with Gasteiger partial charge in [-0.3, -0.25) is 4.90 Å². The number of benzene rings is 1. The molecule has 6 heteroatoms. The lowest BCUT2D eigenvalue weighted by Gasteiger charge is -2.30. The molecule has 1 heterocycles. The lowest BCUT2D eigenvalue weighted by Crippen LogP contribution is -2.36. The molecular weight excluding hydrogens is 279 g/mol. The van der Waals surface area contributed by atoms with E-state index in [1.165, 1.54) is 0 Å². The summed E-state index contributed by atoms with van der Waals surface area (Å²) in [5.74, 6) is 0. The third-order valence-electron chi connectivity index (χ3n) is 4.04. The quantitative estimate of drug-likeness (QED) is 0.930. The number of halogens is 3. The van der Waals surface area contributed by atoms with Crippen molar-refractivity contribution >= 4 is 0 Å². The van der Waals surface area contributed by atoms with Gasteiger partial charge in [0.1, 0.15) is 0 Å². The van der Waals surface area contributed by atoms with Gasteiger partial charge in [0.25, 0.3) is 0 Å². The van der Waals surface area contributed by atoms with Gasteiger partial charge < -0.3 is 10.6 Å². The van der Waals surface area contributed by atoms with Crippen molar-refractivity contribution in [1.29, 1.82) is 0 Å². The topological polar surface area (TPSA) is 32.5 Å². The van der Waals surface area contributed by atoms with Crippen LogP contribution in [0.2, 0.25) is 0 Å². The van der Waals surface area contributed by atoms with Crippen molar-refractivity contribution in [2.24, 2.45) is 5.73 Å². The Morgan fingerprint density at radius 3 is 2.33 bits per heavy atom. The standard InChI is InChI=1S/C15H22F3N3/c1-20-7-2-8-21(10-9-20)14(11-19)12-3-5-13(6-4-12)15(16,17)18/h3-6,14H,2,7-11,19H2,1H3. The highest BCUT2D eigenvalue weighted by molar-refractivity contribution is 5.27. The molecule has 1 aromatic carbocycles. The van der Waals surface area contributed by atoms with Crippen LogP contribution in [0.15, 0.2) is 24.3 Å². The van der Waals surface area contributed by atoms with Gasteiger partial charge in [0.2, 0.25) is 0 Å². The van der Waals surface area contributed by atoms with Gasteiger partial charge in [-0.15, -0.1) is 0 Å². The summed E-state index contributed by atoms with van der Waals surface area (Å²) in [7, 11) is 2.08. The first kappa shape index (κ1) is 16.3. The Bertz CT molecular complexity index is 444. The van der Waals surface area contributed by atoms with E-state index in [4.69, 9.17) is 5.73 Å². The lowest BCUT2D eigenvalue weighted by molar-refractivity contribution is -0.137. The number of alkyl halides is 3. The normalized spacial score (nSPS) is 20.2. The van der Waals surface area contributed by atoms with E-state index >= 15 is 0 Å². The van der Waals surface area contributed by atoms with E-state index in [1.54, 1.807) is 12.1 Å². The highest BCUT2D eigenvalue weighted by atomic mass is 19.4. The molecule has 2 rings (SSSR count). The van der Waals surface area contributed by atoms with Gasteiger partial charge in [0, 0.05) is 32.2 Å². The van der Waals surface area contributed by atoms with Crippen molar-refractivity contribution in [1.82, 2.24) is 9.80 Å². The van der Waals surface area contributed by atoms with E-state index in [2.05, 4.69) is 16.8 Å². The molecule has 1 aliphatic heterocycles. The maximum Gasteiger partial charge on any atom is 0.416 e. The number of hydrogen-bond acceptors (Lipinski definition) is 3. The third-order valence-corrected chi connectivity index (χ3v) is 4.04. The Labute approximate surface area is 123 Å². The predicted molar refractivity (Wildman–Crippen MR) is 76.9 cm³/mol. The lowest BCUT2D eigenvalue weighted by atomic mass is 10.0. The highest BCUT2D eigenvalue weighted by Gasteiger charge is 2.30. The maximum absolute atomic E-state index is 12.6. The second-order valence-corrected chi connectivity index (χ2v) is 5.56. The average molecular weight is 301 g/mol. The predicted octanol–water partition coefficient (Wildman–Crippen LogP) is 2.34. The maximum atomic E-state index is 12.6. The zero-order valence-corrected chi connectivity index (χ0v) is 12.2. The molecule has 1 aliphatic rings. The second kappa shape index (κ2) is 6.77. The smallest absolute Gasteiger partial charge is 0.329 e. The average Bonchev–Trinajstić information content (AvgIpc) is 2.65. The van der Waals surface area contributed by atoms with Crippen LogP contribution >= 0.6 is 0 Å². The zero-order chi connectivity index (χ0) is 15.5. The molecule has 21 heavy (non-hydrogen) atoms. The molecule has 0 aromatic heterocycles. The summed E-state index contributed by atoms with van der Waals surface area (Å²) in [6, 6.07) is 5.37. The molecule has 3 nitrogen and oxygen atoms in total. The van der Waals surface area contributed by atoms with Crippen LogP contribution in [0.5, 0.6) is 0 Å². The fraction of sp³-hybridized carbons (Fsp3) is 0.600. The van der Waals surface area contributed by atoms with E-state index in [-0.39, 0.29) is 6.04 Å². The molecule has 2 N–H and O–H groups in total. The Morgan fingerprint density at radius 2 is 1.76 bits per heavy atom. The van der Waals surface area contributed by atoms with E-state index < -0.39 is 11.7 Å². The van der Waals surface area contributed by atoms with Crippen molar-refractivity contribution < 1.29 is 13.2 Å². The van der Waals surface area contributed by atoms with Crippen LogP contribution < -0.4 is 5.73 Å². The van der Waals surface area contributed by atoms with Gasteiger partial charge in [-0.25, -0.2) is 0 Å². The number of likely N-dealkylation sites (N-methyl/N-ethyl adjacent to an activating group) is 1. The molecule has 0 aliphatic carbocycles. The summed E-state index contributed by atoms with van der Waals surface area (Å²) in [5.41, 5.74) is 6.11. The van der Waals surface area contributed by atoms with Crippen LogP contribution in [0.1, 0.15) is 23.6 Å². The molecule has 0 saturated carbocycles. The molecule has 0 spiro atoms. The Balaban J connectivity index is 2.13. The van der Waals surface area contributed by atoms with E-state index in [0.29, 0.717) is 6.54 Å². The summed E-state index contributed by atoms with van der Waals surface area (Å²) >= 11 is 0. The summed E-state index contributed by atoms with van der Waals surface area (Å²) in [6.07, 6.45) is -3.24. The van der Waals surface area contributed by atoms with Gasteiger partial charge in [0.05, 0.1) is 5.56 Å². The molecule has 1 fully saturated rings. The minimum Gasteiger partial charge on any atom is -0.329 e. The van der Waals surface area contributed by atoms with E-state index in [0.717, 1.165) is 50.3 Å². The van der Waals surface area contributed by atoms with Gasteiger partial charge in [-0.1, -0.05) is 12.1 Å². The van der Waals surface area contributed by atoms with Crippen molar-refractivity contribution in [3.05, 3.63) is 35.4 Å². The largest absolute Gasteiger partial charge is 0.416 e. The minimum atomic E-state index is -4.29. The van der Waals surface area contributed by atoms with Crippen LogP contribution in [0, 0.1) is 0 Å². The van der Waals surface area contributed by atoms with Gasteiger partial charge in [-0.05, 0) is 37.7 Å². The molecule has 1 atom stereocenters. The van der Waals surface area contributed by atoms with Crippen molar-refractivity contribution in [3.8, 4) is 0 Å². The number of nitrogens with zero attached hydrogens (tertiary/aromatic N) is 2. The highest BCUT2D eigenvalue weighted by Crippen LogP contribution is 2.30. The first-order valence-electron chi connectivity index (χ1n) is 7.21. The minimum absolute atomic E-state index is 0.0150. The van der Waals surface area contributed by atoms with E-state index in [1.807, 2.05) is 0 Å². The third kappa shape index (κ3) is 4.18. The van der Waals surface area contributed by atoms with Gasteiger partial charge >= 0.3 is 6.18 Å². The van der Waals surface area contributed by atoms with Gasteiger partial charge in [-0.2, -0.15) is 13.2 Å². The van der Waals surface area contributed by atoms with Crippen LogP contribution in [0.3, 0.4) is 0 Å². The molecule has 1 saturated heterocycles. The summed E-state index contributed by atoms with van der Waals surface area (Å²) in [5, 5.41) is 0. The van der Waals surface area contributed by atoms with Crippen LogP contribution in [0.25, 0.3) is 0 Å². The van der Waals surface area contributed by atoms with Crippen LogP contribution in [0.4, 0.5) is 13.2 Å². The fourth-order valence-corrected chi connectivity index (χ4v) is 2.77. The number of rotatable bonds is 3. The fourth-order valence-electron chi connectivity index (χ4n) is 2.77. The Morgan fingerprint density at radius 1 is 1.10 bits per heavy atom. The first-order valence-corrected chi connectivity index (χ1v) is 7.21. The van der Waals surface area contributed by atoms with Crippen molar-refractivity contribution in [3.63, 3.8) is 0 Å². The molecule has 118 valence electrons. The van der Waals surface area contributed by atoms with Crippen molar-refractivity contribution in [2.75, 3.05) is 39.8 Å². The van der Waals surface area contributed by atoms with Gasteiger partial charge in [0.15, 0.2) is 0 Å². The molecular formula is C15H22F3N3. The van der Waals surface area contributed by atoms with Crippen molar-refractivity contribution in [2.45, 2.75) is 18.6 Å². The molecule has 1 aromatic rings. The van der Waals surface area contributed by atoms with Crippen LogP contribution in [-0.2, 0) is 6.18 Å². The molecule has 0 radical (unpaired) electrons. The van der Waals surface area contributed by atoms with Crippen LogP contribution in [-0.4, -0.2) is 49.6 Å². The Hall–Kier alpha value is -1.11. The molecule has 0 bridgehead atoms. The Kier molecular flexibility index (Phi) is 5.24. The molecule has 1 unspecified atom stereocenters. The summed E-state index contributed by atoms with van der Waals surface area (Å²) < 4.78 is 37.8. The second-order valence-electron chi connectivity index (χ2n) is 5.56. The molecule has 0 amide bonds. The first-order chi connectivity index (χ1) is 9.91. The summed E-state index contributed by atoms with van der Waals surface area (Å²) in [4.78, 5) is 4.53. The zero-order valence-electron chi connectivity index (χ0n) is 12.2. The summed E-state index contributed by atoms with van der Waals surface area (Å²) in [6.45, 7) is 4.22. The van der Waals surface area contributed by atoms with E-state index in [9.17, 15) is 13.2 Å². The SMILES string of the molecule is CN1CCCN(C(CN)c2ccc(C(F)(F)F)cc2)CC1. The monoisotopic (exact) mass is 301 g/mol. The number of nitrogens with two attached hydrogens (primary N) is 1. The number of hydrogen-bond donors (Lipinski definition) is 1.